The lowest BCUT2D eigenvalue weighted by Gasteiger charge is -2.34. The van der Waals surface area contributed by atoms with E-state index in [-0.39, 0.29) is 42.0 Å². The van der Waals surface area contributed by atoms with Crippen LogP contribution in [0, 0.1) is 15.9 Å². The van der Waals surface area contributed by atoms with Crippen LogP contribution in [0.4, 0.5) is 10.1 Å². The van der Waals surface area contributed by atoms with Crippen LogP contribution in [0.5, 0.6) is 11.5 Å². The lowest BCUT2D eigenvalue weighted by molar-refractivity contribution is -0.386. The first-order valence-electron chi connectivity index (χ1n) is 9.65. The van der Waals surface area contributed by atoms with E-state index in [1.54, 1.807) is 12.1 Å². The predicted molar refractivity (Wildman–Crippen MR) is 107 cm³/mol. The summed E-state index contributed by atoms with van der Waals surface area (Å²) in [5, 5.41) is 24.2. The van der Waals surface area contributed by atoms with Crippen LogP contribution in [0.25, 0.3) is 0 Å². The van der Waals surface area contributed by atoms with Gasteiger partial charge in [0.05, 0.1) is 12.0 Å². The minimum atomic E-state index is -0.743. The average molecular weight is 426 g/mol. The lowest BCUT2D eigenvalue weighted by Crippen LogP contribution is -2.38. The molecule has 4 rings (SSSR count). The smallest absolute Gasteiger partial charge is 0.314 e. The highest BCUT2D eigenvalue weighted by Gasteiger charge is 2.39. The molecule has 1 heterocycles. The quantitative estimate of drug-likeness (QED) is 0.571. The van der Waals surface area contributed by atoms with Gasteiger partial charge in [-0.2, -0.15) is 0 Å². The van der Waals surface area contributed by atoms with Gasteiger partial charge in [-0.25, -0.2) is 4.39 Å². The first-order valence-corrected chi connectivity index (χ1v) is 9.65. The van der Waals surface area contributed by atoms with Crippen molar-refractivity contribution in [1.29, 1.82) is 0 Å². The number of carbonyl (C=O) groups excluding carboxylic acids is 2. The van der Waals surface area contributed by atoms with E-state index in [9.17, 15) is 29.2 Å². The SMILES string of the molecule is COc1cc([C@@H]2CC(=O)NC3=C2C(=O)C[C@@H](c2ccc(F)cc2)C3)cc([N+](=O)[O-])c1O. The van der Waals surface area contributed by atoms with Gasteiger partial charge in [0.15, 0.2) is 11.5 Å². The molecular weight excluding hydrogens is 407 g/mol. The number of nitrogens with zero attached hydrogens (tertiary/aromatic N) is 1. The van der Waals surface area contributed by atoms with Gasteiger partial charge in [0.2, 0.25) is 11.7 Å². The molecule has 0 radical (unpaired) electrons. The molecule has 0 spiro atoms. The highest BCUT2D eigenvalue weighted by atomic mass is 19.1. The number of amides is 1. The van der Waals surface area contributed by atoms with Gasteiger partial charge in [0, 0.05) is 36.1 Å². The zero-order valence-electron chi connectivity index (χ0n) is 16.6. The Hall–Kier alpha value is -3.75. The van der Waals surface area contributed by atoms with E-state index in [1.165, 1.54) is 31.4 Å². The van der Waals surface area contributed by atoms with Gasteiger partial charge in [-0.1, -0.05) is 12.1 Å². The van der Waals surface area contributed by atoms with Crippen LogP contribution < -0.4 is 10.1 Å². The topological polar surface area (TPSA) is 119 Å². The summed E-state index contributed by atoms with van der Waals surface area (Å²) in [4.78, 5) is 36.1. The van der Waals surface area contributed by atoms with Gasteiger partial charge in [-0.3, -0.25) is 19.7 Å². The molecule has 1 aliphatic heterocycles. The number of benzene rings is 2. The van der Waals surface area contributed by atoms with Crippen LogP contribution in [-0.2, 0) is 9.59 Å². The summed E-state index contributed by atoms with van der Waals surface area (Å²) in [5.74, 6) is -2.50. The number of aromatic hydroxyl groups is 1. The monoisotopic (exact) mass is 426 g/mol. The van der Waals surface area contributed by atoms with Crippen molar-refractivity contribution in [3.05, 3.63) is 74.7 Å². The molecule has 0 saturated heterocycles. The van der Waals surface area contributed by atoms with E-state index >= 15 is 0 Å². The molecule has 31 heavy (non-hydrogen) atoms. The fraction of sp³-hybridized carbons (Fsp3) is 0.273. The van der Waals surface area contributed by atoms with E-state index in [4.69, 9.17) is 4.74 Å². The lowest BCUT2D eigenvalue weighted by atomic mass is 9.73. The molecule has 0 fully saturated rings. The second kappa shape index (κ2) is 7.82. The van der Waals surface area contributed by atoms with Crippen molar-refractivity contribution < 1.29 is 28.7 Å². The zero-order chi connectivity index (χ0) is 22.3. The molecule has 0 bridgehead atoms. The summed E-state index contributed by atoms with van der Waals surface area (Å²) in [6, 6.07) is 8.48. The minimum absolute atomic E-state index is 0.0587. The third kappa shape index (κ3) is 3.74. The molecule has 0 unspecified atom stereocenters. The van der Waals surface area contributed by atoms with E-state index in [1.807, 2.05) is 0 Å². The van der Waals surface area contributed by atoms with Crippen LogP contribution in [0.3, 0.4) is 0 Å². The molecule has 160 valence electrons. The number of carbonyl (C=O) groups is 2. The molecule has 2 aromatic rings. The molecule has 0 aromatic heterocycles. The second-order valence-corrected chi connectivity index (χ2v) is 7.63. The third-order valence-electron chi connectivity index (χ3n) is 5.77. The average Bonchev–Trinajstić information content (AvgIpc) is 2.73. The molecule has 2 atom stereocenters. The number of nitrogens with one attached hydrogen (secondary N) is 1. The van der Waals surface area contributed by atoms with Crippen LogP contribution in [-0.4, -0.2) is 28.8 Å². The first-order chi connectivity index (χ1) is 14.8. The minimum Gasteiger partial charge on any atom is -0.500 e. The number of nitro benzene ring substituents is 1. The largest absolute Gasteiger partial charge is 0.500 e. The van der Waals surface area contributed by atoms with E-state index in [2.05, 4.69) is 5.32 Å². The van der Waals surface area contributed by atoms with Gasteiger partial charge >= 0.3 is 5.69 Å². The number of ketones is 1. The fourth-order valence-corrected chi connectivity index (χ4v) is 4.33. The fourth-order valence-electron chi connectivity index (χ4n) is 4.33. The molecular formula is C22H19FN2O6. The molecule has 8 nitrogen and oxygen atoms in total. The zero-order valence-corrected chi connectivity index (χ0v) is 16.6. The Labute approximate surface area is 176 Å². The number of nitro groups is 1. The van der Waals surface area contributed by atoms with Crippen molar-refractivity contribution in [2.75, 3.05) is 7.11 Å². The molecule has 2 aliphatic rings. The number of ether oxygens (including phenoxy) is 1. The van der Waals surface area contributed by atoms with Gasteiger partial charge in [0.1, 0.15) is 5.82 Å². The van der Waals surface area contributed by atoms with Crippen molar-refractivity contribution >= 4 is 17.4 Å². The summed E-state index contributed by atoms with van der Waals surface area (Å²) < 4.78 is 18.3. The Balaban J connectivity index is 1.77. The number of hydrogen-bond donors (Lipinski definition) is 2. The summed E-state index contributed by atoms with van der Waals surface area (Å²) in [6.07, 6.45) is 0.497. The van der Waals surface area contributed by atoms with E-state index in [0.717, 1.165) is 5.56 Å². The number of phenols is 1. The number of hydrogen-bond acceptors (Lipinski definition) is 6. The standard InChI is InChI=1S/C22H19FN2O6/c1-31-19-9-13(7-17(22(19)28)25(29)30)15-10-20(27)24-16-6-12(8-18(26)21(15)16)11-2-4-14(23)5-3-11/h2-5,7,9,12,15,28H,6,8,10H2,1H3,(H,24,27)/t12-,15-/m0/s1. The van der Waals surface area contributed by atoms with Crippen molar-refractivity contribution in [1.82, 2.24) is 5.32 Å². The normalized spacial score (nSPS) is 20.8. The Kier molecular flexibility index (Phi) is 5.18. The molecule has 0 saturated carbocycles. The Morgan fingerprint density at radius 2 is 1.84 bits per heavy atom. The van der Waals surface area contributed by atoms with Crippen LogP contribution in [0.15, 0.2) is 47.7 Å². The van der Waals surface area contributed by atoms with Gasteiger partial charge in [-0.05, 0) is 41.7 Å². The molecule has 2 N–H and O–H groups in total. The summed E-state index contributed by atoms with van der Waals surface area (Å²) in [6.45, 7) is 0. The Bertz CT molecular complexity index is 1130. The summed E-state index contributed by atoms with van der Waals surface area (Å²) in [5.41, 5.74) is 1.45. The highest BCUT2D eigenvalue weighted by Crippen LogP contribution is 2.46. The Morgan fingerprint density at radius 3 is 2.48 bits per heavy atom. The van der Waals surface area contributed by atoms with E-state index in [0.29, 0.717) is 23.3 Å². The number of phenolic OH excluding ortho intramolecular Hbond substituents is 1. The Morgan fingerprint density at radius 1 is 1.13 bits per heavy atom. The summed E-state index contributed by atoms with van der Waals surface area (Å²) in [7, 11) is 1.26. The van der Waals surface area contributed by atoms with Crippen molar-refractivity contribution in [2.45, 2.75) is 31.1 Å². The number of Topliss-reactive ketones (excluding diaryl/α,β-unsaturated/α-hetero) is 1. The van der Waals surface area contributed by atoms with Crippen LogP contribution in [0.2, 0.25) is 0 Å². The number of rotatable bonds is 4. The molecule has 1 amide bonds. The second-order valence-electron chi connectivity index (χ2n) is 7.63. The predicted octanol–water partition coefficient (Wildman–Crippen LogP) is 3.45. The van der Waals surface area contributed by atoms with Gasteiger partial charge in [-0.15, -0.1) is 0 Å². The maximum Gasteiger partial charge on any atom is 0.314 e. The van der Waals surface area contributed by atoms with Crippen molar-refractivity contribution in [3.8, 4) is 11.5 Å². The number of halogens is 1. The van der Waals surface area contributed by atoms with Gasteiger partial charge < -0.3 is 15.2 Å². The number of methoxy groups -OCH3 is 1. The van der Waals surface area contributed by atoms with Gasteiger partial charge in [0.25, 0.3) is 0 Å². The maximum absolute atomic E-state index is 13.3. The van der Waals surface area contributed by atoms with E-state index < -0.39 is 22.3 Å². The van der Waals surface area contributed by atoms with Crippen molar-refractivity contribution in [2.24, 2.45) is 0 Å². The highest BCUT2D eigenvalue weighted by molar-refractivity contribution is 6.02. The molecule has 1 aliphatic carbocycles. The third-order valence-corrected chi connectivity index (χ3v) is 5.77. The van der Waals surface area contributed by atoms with Crippen LogP contribution >= 0.6 is 0 Å². The van der Waals surface area contributed by atoms with Crippen molar-refractivity contribution in [3.63, 3.8) is 0 Å². The molecule has 9 heteroatoms. The van der Waals surface area contributed by atoms with Crippen LogP contribution in [0.1, 0.15) is 42.2 Å². The maximum atomic E-state index is 13.3. The summed E-state index contributed by atoms with van der Waals surface area (Å²) >= 11 is 0. The molecule has 2 aromatic carbocycles. The number of allylic oxidation sites excluding steroid dienone is 2. The first kappa shape index (κ1) is 20.5.